The Morgan fingerprint density at radius 1 is 1.23 bits per heavy atom. The minimum atomic E-state index is -0.469. The number of hydrogen-bond donors (Lipinski definition) is 1. The average molecular weight is 362 g/mol. The highest BCUT2D eigenvalue weighted by Gasteiger charge is 2.27. The van der Waals surface area contributed by atoms with E-state index in [1.54, 1.807) is 24.0 Å². The summed E-state index contributed by atoms with van der Waals surface area (Å²) in [6, 6.07) is 5.35. The van der Waals surface area contributed by atoms with E-state index in [1.807, 2.05) is 26.8 Å². The molecule has 144 valence electrons. The number of likely N-dealkylation sites (tertiary alicyclic amines) is 1. The van der Waals surface area contributed by atoms with Crippen molar-refractivity contribution in [3.63, 3.8) is 0 Å². The Hall–Kier alpha value is -2.24. The van der Waals surface area contributed by atoms with Gasteiger partial charge < -0.3 is 20.1 Å². The van der Waals surface area contributed by atoms with Crippen LogP contribution >= 0.6 is 0 Å². The molecule has 0 unspecified atom stereocenters. The zero-order chi connectivity index (χ0) is 19.3. The fraction of sp³-hybridized carbons (Fsp3) is 0.600. The van der Waals surface area contributed by atoms with E-state index in [1.165, 1.54) is 0 Å². The number of ether oxygens (including phenoxy) is 2. The van der Waals surface area contributed by atoms with Gasteiger partial charge in [-0.3, -0.25) is 0 Å². The summed E-state index contributed by atoms with van der Waals surface area (Å²) < 4.78 is 10.4. The largest absolute Gasteiger partial charge is 0.462 e. The molecule has 1 aromatic rings. The highest BCUT2D eigenvalue weighted by Crippen LogP contribution is 2.26. The number of nitrogens with zero attached hydrogens (tertiary/aromatic N) is 1. The van der Waals surface area contributed by atoms with Crippen LogP contribution in [0.15, 0.2) is 18.2 Å². The first-order valence-electron chi connectivity index (χ1n) is 9.23. The van der Waals surface area contributed by atoms with Gasteiger partial charge in [-0.15, -0.1) is 0 Å². The van der Waals surface area contributed by atoms with Crippen LogP contribution in [0.25, 0.3) is 0 Å². The maximum atomic E-state index is 12.1. The van der Waals surface area contributed by atoms with Gasteiger partial charge in [-0.1, -0.05) is 6.07 Å². The first-order valence-corrected chi connectivity index (χ1v) is 9.23. The second kappa shape index (κ2) is 8.43. The summed E-state index contributed by atoms with van der Waals surface area (Å²) in [4.78, 5) is 25.7. The minimum Gasteiger partial charge on any atom is -0.462 e. The number of anilines is 1. The zero-order valence-electron chi connectivity index (χ0n) is 16.2. The van der Waals surface area contributed by atoms with Crippen molar-refractivity contribution in [1.29, 1.82) is 0 Å². The summed E-state index contributed by atoms with van der Waals surface area (Å²) in [5.74, 6) is 0.112. The molecule has 2 N–H and O–H groups in total. The number of rotatable bonds is 4. The van der Waals surface area contributed by atoms with E-state index in [0.717, 1.165) is 24.8 Å². The Morgan fingerprint density at radius 3 is 2.42 bits per heavy atom. The van der Waals surface area contributed by atoms with Crippen LogP contribution in [-0.4, -0.2) is 42.3 Å². The lowest BCUT2D eigenvalue weighted by Gasteiger charge is -2.33. The van der Waals surface area contributed by atoms with Gasteiger partial charge in [0.1, 0.15) is 5.60 Å². The van der Waals surface area contributed by atoms with Gasteiger partial charge in [0.05, 0.1) is 12.2 Å². The molecule has 1 aliphatic rings. The summed E-state index contributed by atoms with van der Waals surface area (Å²) in [5.41, 5.74) is 7.79. The van der Waals surface area contributed by atoms with E-state index in [-0.39, 0.29) is 12.1 Å². The molecule has 0 saturated carbocycles. The van der Waals surface area contributed by atoms with Gasteiger partial charge in [0.2, 0.25) is 0 Å². The second-order valence-corrected chi connectivity index (χ2v) is 7.75. The Morgan fingerprint density at radius 2 is 1.88 bits per heavy atom. The molecule has 6 heteroatoms. The molecule has 0 radical (unpaired) electrons. The highest BCUT2D eigenvalue weighted by atomic mass is 16.6. The van der Waals surface area contributed by atoms with E-state index < -0.39 is 5.60 Å². The lowest BCUT2D eigenvalue weighted by molar-refractivity contribution is 0.0184. The Balaban J connectivity index is 1.89. The van der Waals surface area contributed by atoms with Crippen LogP contribution in [0.5, 0.6) is 0 Å². The number of piperidine rings is 1. The van der Waals surface area contributed by atoms with Gasteiger partial charge in [0.25, 0.3) is 0 Å². The summed E-state index contributed by atoms with van der Waals surface area (Å²) in [5, 5.41) is 0. The zero-order valence-corrected chi connectivity index (χ0v) is 16.2. The molecule has 1 amide bonds. The quantitative estimate of drug-likeness (QED) is 0.653. The minimum absolute atomic E-state index is 0.241. The normalized spacial score (nSPS) is 15.6. The lowest BCUT2D eigenvalue weighted by atomic mass is 9.89. The number of amides is 1. The van der Waals surface area contributed by atoms with Crippen LogP contribution in [0.3, 0.4) is 0 Å². The standard InChI is InChI=1S/C20H30N2O4/c1-5-25-18(23)16-7-6-15(17(21)13-16)12-14-8-10-22(11-9-14)19(24)26-20(2,3)4/h6-7,13-14H,5,8-12,21H2,1-4H3. The van der Waals surface area contributed by atoms with E-state index in [0.29, 0.717) is 36.9 Å². The van der Waals surface area contributed by atoms with Gasteiger partial charge in [-0.25, -0.2) is 9.59 Å². The summed E-state index contributed by atoms with van der Waals surface area (Å²) in [7, 11) is 0. The number of nitrogen functional groups attached to an aromatic ring is 1. The van der Waals surface area contributed by atoms with Crippen molar-refractivity contribution >= 4 is 17.7 Å². The summed E-state index contributed by atoms with van der Waals surface area (Å²) >= 11 is 0. The molecule has 26 heavy (non-hydrogen) atoms. The van der Waals surface area contributed by atoms with Gasteiger partial charge in [0, 0.05) is 18.8 Å². The van der Waals surface area contributed by atoms with Crippen molar-refractivity contribution in [2.24, 2.45) is 5.92 Å². The number of carbonyl (C=O) groups is 2. The SMILES string of the molecule is CCOC(=O)c1ccc(CC2CCN(C(=O)OC(C)(C)C)CC2)c(N)c1. The topological polar surface area (TPSA) is 81.9 Å². The van der Waals surface area contributed by atoms with E-state index in [9.17, 15) is 9.59 Å². The van der Waals surface area contributed by atoms with Crippen molar-refractivity contribution in [2.45, 2.75) is 52.6 Å². The number of carbonyl (C=O) groups excluding carboxylic acids is 2. The van der Waals surface area contributed by atoms with E-state index in [4.69, 9.17) is 15.2 Å². The van der Waals surface area contributed by atoms with Gasteiger partial charge in [0.15, 0.2) is 0 Å². The maximum absolute atomic E-state index is 12.1. The second-order valence-electron chi connectivity index (χ2n) is 7.75. The van der Waals surface area contributed by atoms with Crippen molar-refractivity contribution < 1.29 is 19.1 Å². The molecule has 1 fully saturated rings. The molecule has 1 aliphatic heterocycles. The van der Waals surface area contributed by atoms with Crippen molar-refractivity contribution in [2.75, 3.05) is 25.4 Å². The van der Waals surface area contributed by atoms with Crippen molar-refractivity contribution in [3.8, 4) is 0 Å². The molecule has 1 heterocycles. The Kier molecular flexibility index (Phi) is 6.51. The highest BCUT2D eigenvalue weighted by molar-refractivity contribution is 5.90. The fourth-order valence-corrected chi connectivity index (χ4v) is 3.08. The Labute approximate surface area is 155 Å². The molecule has 1 saturated heterocycles. The average Bonchev–Trinajstić information content (AvgIpc) is 2.56. The number of benzene rings is 1. The molecule has 0 spiro atoms. The molecule has 0 bridgehead atoms. The third-order valence-corrected chi connectivity index (χ3v) is 4.43. The fourth-order valence-electron chi connectivity index (χ4n) is 3.08. The molecular weight excluding hydrogens is 332 g/mol. The molecule has 0 atom stereocenters. The molecule has 1 aromatic carbocycles. The van der Waals surface area contributed by atoms with Crippen molar-refractivity contribution in [1.82, 2.24) is 4.90 Å². The predicted octanol–water partition coefficient (Wildman–Crippen LogP) is 3.64. The summed E-state index contributed by atoms with van der Waals surface area (Å²) in [6.45, 7) is 9.14. The van der Waals surface area contributed by atoms with Gasteiger partial charge in [-0.2, -0.15) is 0 Å². The van der Waals surface area contributed by atoms with Gasteiger partial charge in [-0.05, 0) is 70.6 Å². The first kappa shape index (κ1) is 20.1. The van der Waals surface area contributed by atoms with Crippen LogP contribution < -0.4 is 5.73 Å². The Bertz CT molecular complexity index is 644. The van der Waals surface area contributed by atoms with Crippen LogP contribution in [0, 0.1) is 5.92 Å². The lowest BCUT2D eigenvalue weighted by Crippen LogP contribution is -2.42. The molecule has 0 aromatic heterocycles. The van der Waals surface area contributed by atoms with Crippen LogP contribution in [0.1, 0.15) is 56.5 Å². The molecule has 6 nitrogen and oxygen atoms in total. The number of esters is 1. The first-order chi connectivity index (χ1) is 12.2. The monoisotopic (exact) mass is 362 g/mol. The smallest absolute Gasteiger partial charge is 0.410 e. The molecular formula is C20H30N2O4. The summed E-state index contributed by atoms with van der Waals surface area (Å²) in [6.07, 6.45) is 2.43. The van der Waals surface area contributed by atoms with Crippen LogP contribution in [0.2, 0.25) is 0 Å². The predicted molar refractivity (Wildman–Crippen MR) is 101 cm³/mol. The molecule has 2 rings (SSSR count). The maximum Gasteiger partial charge on any atom is 0.410 e. The van der Waals surface area contributed by atoms with E-state index in [2.05, 4.69) is 0 Å². The van der Waals surface area contributed by atoms with Gasteiger partial charge >= 0.3 is 12.1 Å². The van der Waals surface area contributed by atoms with Crippen molar-refractivity contribution in [3.05, 3.63) is 29.3 Å². The van der Waals surface area contributed by atoms with E-state index >= 15 is 0 Å². The van der Waals surface area contributed by atoms with Crippen LogP contribution in [-0.2, 0) is 15.9 Å². The third kappa shape index (κ3) is 5.64. The molecule has 0 aliphatic carbocycles. The van der Waals surface area contributed by atoms with Crippen LogP contribution in [0.4, 0.5) is 10.5 Å². The number of hydrogen-bond acceptors (Lipinski definition) is 5. The third-order valence-electron chi connectivity index (χ3n) is 4.43. The number of nitrogens with two attached hydrogens (primary N) is 1.